The minimum absolute atomic E-state index is 0.109. The van der Waals surface area contributed by atoms with Gasteiger partial charge >= 0.3 is 6.18 Å². The molecule has 1 aromatic heterocycles. The van der Waals surface area contributed by atoms with Crippen LogP contribution in [0.4, 0.5) is 18.9 Å². The van der Waals surface area contributed by atoms with E-state index in [1.54, 1.807) is 4.68 Å². The highest BCUT2D eigenvalue weighted by Gasteiger charge is 2.32. The van der Waals surface area contributed by atoms with Crippen LogP contribution in [0.5, 0.6) is 0 Å². The van der Waals surface area contributed by atoms with Crippen LogP contribution in [0.25, 0.3) is 0 Å². The third-order valence-electron chi connectivity index (χ3n) is 4.27. The molecule has 1 aliphatic rings. The van der Waals surface area contributed by atoms with E-state index >= 15 is 0 Å². The zero-order valence-electron chi connectivity index (χ0n) is 13.6. The first-order valence-corrected chi connectivity index (χ1v) is 9.09. The van der Waals surface area contributed by atoms with Gasteiger partial charge in [0, 0.05) is 17.9 Å². The van der Waals surface area contributed by atoms with Crippen LogP contribution < -0.4 is 0 Å². The molecule has 0 aliphatic heterocycles. The van der Waals surface area contributed by atoms with E-state index in [0.29, 0.717) is 11.2 Å². The number of rotatable bonds is 5. The van der Waals surface area contributed by atoms with Gasteiger partial charge in [-0.05, 0) is 34.9 Å². The monoisotopic (exact) mass is 387 g/mol. The van der Waals surface area contributed by atoms with E-state index in [4.69, 9.17) is 0 Å². The fraction of sp³-hybridized carbons (Fsp3) is 0.533. The zero-order chi connectivity index (χ0) is 18.7. The maximum atomic E-state index is 13.0. The van der Waals surface area contributed by atoms with Gasteiger partial charge in [0.05, 0.1) is 16.5 Å². The van der Waals surface area contributed by atoms with Crippen LogP contribution in [0.3, 0.4) is 0 Å². The third kappa shape index (κ3) is 4.32. The summed E-state index contributed by atoms with van der Waals surface area (Å²) in [4.78, 5) is 10.1. The lowest BCUT2D eigenvalue weighted by atomic mass is 9.96. The Bertz CT molecular complexity index is 790. The Morgan fingerprint density at radius 2 is 1.96 bits per heavy atom. The van der Waals surface area contributed by atoms with Gasteiger partial charge in [-0.3, -0.25) is 10.1 Å². The molecule has 26 heavy (non-hydrogen) atoms. The Labute approximate surface area is 151 Å². The molecule has 0 bridgehead atoms. The van der Waals surface area contributed by atoms with E-state index in [0.717, 1.165) is 37.8 Å². The van der Waals surface area contributed by atoms with Gasteiger partial charge in [0.1, 0.15) is 0 Å². The van der Waals surface area contributed by atoms with Crippen molar-refractivity contribution in [1.29, 1.82) is 0 Å². The fourth-order valence-corrected chi connectivity index (χ4v) is 3.88. The number of nitro benzene ring substituents is 1. The molecule has 0 N–H and O–H groups in total. The Morgan fingerprint density at radius 3 is 2.62 bits per heavy atom. The summed E-state index contributed by atoms with van der Waals surface area (Å²) in [5.41, 5.74) is -1.41. The minimum Gasteiger partial charge on any atom is -0.258 e. The molecular weight excluding hydrogens is 371 g/mol. The quantitative estimate of drug-likeness (QED) is 0.429. The maximum absolute atomic E-state index is 13.0. The van der Waals surface area contributed by atoms with Crippen molar-refractivity contribution in [1.82, 2.24) is 20.2 Å². The number of non-ortho nitro benzene ring substituents is 1. The van der Waals surface area contributed by atoms with Crippen molar-refractivity contribution >= 4 is 17.4 Å². The average molecular weight is 387 g/mol. The first kappa shape index (κ1) is 18.6. The SMILES string of the molecule is O=[N+]([O-])c1cc(CSc2nnnn2C2CCCCC2)cc(C(F)(F)F)c1. The van der Waals surface area contributed by atoms with Gasteiger partial charge in [0.25, 0.3) is 5.69 Å². The highest BCUT2D eigenvalue weighted by atomic mass is 32.2. The Balaban J connectivity index is 1.79. The van der Waals surface area contributed by atoms with Crippen LogP contribution in [0.2, 0.25) is 0 Å². The van der Waals surface area contributed by atoms with Crippen LogP contribution >= 0.6 is 11.8 Å². The van der Waals surface area contributed by atoms with Crippen LogP contribution in [0.15, 0.2) is 23.4 Å². The average Bonchev–Trinajstić information content (AvgIpc) is 3.08. The molecule has 1 aromatic carbocycles. The van der Waals surface area contributed by atoms with Gasteiger partial charge in [0.2, 0.25) is 5.16 Å². The summed E-state index contributed by atoms with van der Waals surface area (Å²) >= 11 is 1.18. The summed E-state index contributed by atoms with van der Waals surface area (Å²) in [6.45, 7) is 0. The lowest BCUT2D eigenvalue weighted by molar-refractivity contribution is -0.385. The van der Waals surface area contributed by atoms with Crippen molar-refractivity contribution in [3.8, 4) is 0 Å². The number of nitro groups is 1. The van der Waals surface area contributed by atoms with Crippen molar-refractivity contribution < 1.29 is 18.1 Å². The summed E-state index contributed by atoms with van der Waals surface area (Å²) in [5, 5.41) is 23.0. The number of benzene rings is 1. The third-order valence-corrected chi connectivity index (χ3v) is 5.27. The summed E-state index contributed by atoms with van der Waals surface area (Å²) < 4.78 is 40.6. The molecule has 0 radical (unpaired) electrons. The van der Waals surface area contributed by atoms with Crippen molar-refractivity contribution in [2.45, 2.75) is 55.2 Å². The highest BCUT2D eigenvalue weighted by Crippen LogP contribution is 2.35. The number of tetrazole rings is 1. The number of halogens is 3. The Kier molecular flexibility index (Phi) is 5.44. The van der Waals surface area contributed by atoms with Crippen LogP contribution in [-0.4, -0.2) is 25.1 Å². The summed E-state index contributed by atoms with van der Waals surface area (Å²) in [7, 11) is 0. The number of hydrogen-bond acceptors (Lipinski definition) is 6. The topological polar surface area (TPSA) is 86.7 Å². The van der Waals surface area contributed by atoms with E-state index in [-0.39, 0.29) is 17.4 Å². The van der Waals surface area contributed by atoms with E-state index in [1.165, 1.54) is 18.2 Å². The van der Waals surface area contributed by atoms with Crippen molar-refractivity contribution in [2.24, 2.45) is 0 Å². The molecule has 1 aliphatic carbocycles. The normalized spacial score (nSPS) is 16.0. The largest absolute Gasteiger partial charge is 0.416 e. The van der Waals surface area contributed by atoms with Crippen molar-refractivity contribution in [3.63, 3.8) is 0 Å². The van der Waals surface area contributed by atoms with Crippen LogP contribution in [0, 0.1) is 10.1 Å². The van der Waals surface area contributed by atoms with Crippen LogP contribution in [0.1, 0.15) is 49.3 Å². The molecule has 1 fully saturated rings. The summed E-state index contributed by atoms with van der Waals surface area (Å²) in [5.74, 6) is 0.109. The fourth-order valence-electron chi connectivity index (χ4n) is 3.01. The molecule has 0 atom stereocenters. The first-order chi connectivity index (χ1) is 12.3. The van der Waals surface area contributed by atoms with E-state index in [9.17, 15) is 23.3 Å². The molecule has 7 nitrogen and oxygen atoms in total. The van der Waals surface area contributed by atoms with Gasteiger partial charge in [-0.15, -0.1) is 5.10 Å². The number of thioether (sulfide) groups is 1. The molecule has 3 rings (SSSR count). The van der Waals surface area contributed by atoms with Gasteiger partial charge in [0.15, 0.2) is 0 Å². The van der Waals surface area contributed by atoms with E-state index in [1.807, 2.05) is 0 Å². The molecule has 140 valence electrons. The van der Waals surface area contributed by atoms with Gasteiger partial charge in [-0.25, -0.2) is 4.68 Å². The Morgan fingerprint density at radius 1 is 1.23 bits per heavy atom. The maximum Gasteiger partial charge on any atom is 0.416 e. The predicted octanol–water partition coefficient (Wildman–Crippen LogP) is 4.40. The molecular formula is C15H16F3N5O2S. The Hall–Kier alpha value is -2.17. The van der Waals surface area contributed by atoms with E-state index < -0.39 is 22.4 Å². The van der Waals surface area contributed by atoms with Crippen molar-refractivity contribution in [2.75, 3.05) is 0 Å². The number of aromatic nitrogens is 4. The summed E-state index contributed by atoms with van der Waals surface area (Å²) in [6.07, 6.45) is 0.647. The standard InChI is InChI=1S/C15H16F3N5O2S/c16-15(17,18)11-6-10(7-13(8-11)23(24)25)9-26-14-19-20-21-22(14)12-4-2-1-3-5-12/h6-8,12H,1-5,9H2. The number of alkyl halides is 3. The minimum atomic E-state index is -4.64. The number of nitrogens with zero attached hydrogens (tertiary/aromatic N) is 5. The molecule has 2 aromatic rings. The van der Waals surface area contributed by atoms with E-state index in [2.05, 4.69) is 15.5 Å². The molecule has 0 unspecified atom stereocenters. The van der Waals surface area contributed by atoms with Gasteiger partial charge in [-0.1, -0.05) is 31.0 Å². The second-order valence-corrected chi connectivity index (χ2v) is 7.07. The summed E-state index contributed by atoms with van der Waals surface area (Å²) in [6, 6.07) is 2.81. The van der Waals surface area contributed by atoms with Crippen LogP contribution in [-0.2, 0) is 11.9 Å². The lowest BCUT2D eigenvalue weighted by Crippen LogP contribution is -2.15. The zero-order valence-corrected chi connectivity index (χ0v) is 14.5. The molecule has 0 saturated heterocycles. The first-order valence-electron chi connectivity index (χ1n) is 8.11. The predicted molar refractivity (Wildman–Crippen MR) is 87.6 cm³/mol. The molecule has 11 heteroatoms. The molecule has 0 spiro atoms. The van der Waals surface area contributed by atoms with Crippen molar-refractivity contribution in [3.05, 3.63) is 39.4 Å². The second-order valence-electron chi connectivity index (χ2n) is 6.13. The second kappa shape index (κ2) is 7.60. The highest BCUT2D eigenvalue weighted by molar-refractivity contribution is 7.98. The molecule has 1 heterocycles. The molecule has 1 saturated carbocycles. The van der Waals surface area contributed by atoms with Gasteiger partial charge in [-0.2, -0.15) is 13.2 Å². The smallest absolute Gasteiger partial charge is 0.258 e. The molecule has 0 amide bonds. The van der Waals surface area contributed by atoms with Gasteiger partial charge < -0.3 is 0 Å². The lowest BCUT2D eigenvalue weighted by Gasteiger charge is -2.22. The number of hydrogen-bond donors (Lipinski definition) is 0.